The summed E-state index contributed by atoms with van der Waals surface area (Å²) in [6, 6.07) is 7.68. The minimum absolute atomic E-state index is 0.0578. The minimum Gasteiger partial charge on any atom is -0.466 e. The molecule has 1 aromatic heterocycles. The van der Waals surface area contributed by atoms with Crippen molar-refractivity contribution in [3.05, 3.63) is 36.2 Å². The Morgan fingerprint density at radius 3 is 2.58 bits per heavy atom. The highest BCUT2D eigenvalue weighted by molar-refractivity contribution is 5.73. The van der Waals surface area contributed by atoms with E-state index < -0.39 is 0 Å². The first-order valence-electron chi connectivity index (χ1n) is 8.85. The molecule has 138 valence electrons. The summed E-state index contributed by atoms with van der Waals surface area (Å²) in [4.78, 5) is 22.4. The molecule has 2 aromatic rings. The molecule has 26 heavy (non-hydrogen) atoms. The maximum Gasteiger partial charge on any atom is 0.309 e. The van der Waals surface area contributed by atoms with Gasteiger partial charge in [-0.05, 0) is 38.8 Å². The standard InChI is InChI=1S/C19H24N4O3/c1-3-25-19(24)14-8-10-23(11-9-14)17-16(20)18(22-12-21-17)26-15-6-4-13(2)5-7-15/h4-7,12,14H,3,8-11,20H2,1-2H3. The highest BCUT2D eigenvalue weighted by atomic mass is 16.5. The molecule has 2 N–H and O–H groups in total. The highest BCUT2D eigenvalue weighted by Gasteiger charge is 2.28. The first kappa shape index (κ1) is 18.0. The fourth-order valence-corrected chi connectivity index (χ4v) is 3.01. The molecule has 0 amide bonds. The molecule has 0 saturated carbocycles. The summed E-state index contributed by atoms with van der Waals surface area (Å²) >= 11 is 0. The van der Waals surface area contributed by atoms with E-state index in [-0.39, 0.29) is 11.9 Å². The zero-order chi connectivity index (χ0) is 18.5. The number of nitrogens with zero attached hydrogens (tertiary/aromatic N) is 3. The number of aryl methyl sites for hydroxylation is 1. The number of ether oxygens (including phenoxy) is 2. The molecule has 1 saturated heterocycles. The fraction of sp³-hybridized carbons (Fsp3) is 0.421. The molecule has 0 radical (unpaired) electrons. The van der Waals surface area contributed by atoms with E-state index in [1.807, 2.05) is 38.1 Å². The molecule has 1 aliphatic heterocycles. The number of carbonyl (C=O) groups excluding carboxylic acids is 1. The average molecular weight is 356 g/mol. The number of esters is 1. The van der Waals surface area contributed by atoms with Crippen LogP contribution in [-0.2, 0) is 9.53 Å². The van der Waals surface area contributed by atoms with Crippen LogP contribution in [0.15, 0.2) is 30.6 Å². The van der Waals surface area contributed by atoms with E-state index in [0.29, 0.717) is 42.8 Å². The Hall–Kier alpha value is -2.83. The molecule has 7 heteroatoms. The van der Waals surface area contributed by atoms with Crippen LogP contribution in [0.2, 0.25) is 0 Å². The maximum absolute atomic E-state index is 11.9. The molecule has 2 heterocycles. The maximum atomic E-state index is 11.9. The Balaban J connectivity index is 1.70. The number of aromatic nitrogens is 2. The summed E-state index contributed by atoms with van der Waals surface area (Å²) in [5.41, 5.74) is 7.81. The number of nitrogens with two attached hydrogens (primary N) is 1. The minimum atomic E-state index is -0.119. The second-order valence-electron chi connectivity index (χ2n) is 6.34. The molecule has 1 aliphatic rings. The quantitative estimate of drug-likeness (QED) is 0.824. The van der Waals surface area contributed by atoms with Gasteiger partial charge in [0.05, 0.1) is 12.5 Å². The van der Waals surface area contributed by atoms with Gasteiger partial charge in [-0.15, -0.1) is 0 Å². The largest absolute Gasteiger partial charge is 0.466 e. The van der Waals surface area contributed by atoms with Crippen molar-refractivity contribution >= 4 is 17.5 Å². The molecular formula is C19H24N4O3. The molecule has 0 atom stereocenters. The number of anilines is 2. The van der Waals surface area contributed by atoms with E-state index in [1.54, 1.807) is 0 Å². The van der Waals surface area contributed by atoms with Gasteiger partial charge in [0.15, 0.2) is 5.82 Å². The summed E-state index contributed by atoms with van der Waals surface area (Å²) in [5.74, 6) is 1.48. The van der Waals surface area contributed by atoms with Gasteiger partial charge in [0, 0.05) is 13.1 Å². The van der Waals surface area contributed by atoms with Crippen molar-refractivity contribution in [2.75, 3.05) is 30.3 Å². The lowest BCUT2D eigenvalue weighted by Crippen LogP contribution is -2.37. The Morgan fingerprint density at radius 2 is 1.92 bits per heavy atom. The van der Waals surface area contributed by atoms with Crippen LogP contribution in [0.5, 0.6) is 11.6 Å². The van der Waals surface area contributed by atoms with Gasteiger partial charge >= 0.3 is 5.97 Å². The van der Waals surface area contributed by atoms with Crippen LogP contribution in [0.25, 0.3) is 0 Å². The van der Waals surface area contributed by atoms with E-state index >= 15 is 0 Å². The van der Waals surface area contributed by atoms with Crippen molar-refractivity contribution in [3.63, 3.8) is 0 Å². The van der Waals surface area contributed by atoms with Crippen molar-refractivity contribution in [2.24, 2.45) is 5.92 Å². The van der Waals surface area contributed by atoms with E-state index in [4.69, 9.17) is 15.2 Å². The van der Waals surface area contributed by atoms with Crippen LogP contribution in [0.3, 0.4) is 0 Å². The first-order valence-corrected chi connectivity index (χ1v) is 8.85. The van der Waals surface area contributed by atoms with E-state index in [0.717, 1.165) is 18.4 Å². The van der Waals surface area contributed by atoms with Gasteiger partial charge in [-0.25, -0.2) is 4.98 Å². The third-order valence-electron chi connectivity index (χ3n) is 4.48. The molecule has 1 fully saturated rings. The van der Waals surface area contributed by atoms with Crippen molar-refractivity contribution in [1.82, 2.24) is 9.97 Å². The third-order valence-corrected chi connectivity index (χ3v) is 4.48. The normalized spacial score (nSPS) is 14.9. The van der Waals surface area contributed by atoms with Crippen LogP contribution in [0.1, 0.15) is 25.3 Å². The van der Waals surface area contributed by atoms with E-state index in [1.165, 1.54) is 6.33 Å². The van der Waals surface area contributed by atoms with Crippen molar-refractivity contribution in [3.8, 4) is 11.6 Å². The SMILES string of the molecule is CCOC(=O)C1CCN(c2ncnc(Oc3ccc(C)cc3)c2N)CC1. The van der Waals surface area contributed by atoms with E-state index in [2.05, 4.69) is 14.9 Å². The molecule has 7 nitrogen and oxygen atoms in total. The summed E-state index contributed by atoms with van der Waals surface area (Å²) in [5, 5.41) is 0. The van der Waals surface area contributed by atoms with Crippen LogP contribution in [0.4, 0.5) is 11.5 Å². The lowest BCUT2D eigenvalue weighted by molar-refractivity contribution is -0.148. The molecule has 0 aliphatic carbocycles. The van der Waals surface area contributed by atoms with Crippen molar-refractivity contribution < 1.29 is 14.3 Å². The zero-order valence-electron chi connectivity index (χ0n) is 15.1. The highest BCUT2D eigenvalue weighted by Crippen LogP contribution is 2.33. The van der Waals surface area contributed by atoms with Gasteiger partial charge in [-0.1, -0.05) is 17.7 Å². The molecular weight excluding hydrogens is 332 g/mol. The molecule has 0 bridgehead atoms. The van der Waals surface area contributed by atoms with E-state index in [9.17, 15) is 4.79 Å². The van der Waals surface area contributed by atoms with Crippen LogP contribution in [-0.4, -0.2) is 35.6 Å². The lowest BCUT2D eigenvalue weighted by atomic mass is 9.97. The van der Waals surface area contributed by atoms with Gasteiger partial charge in [0.1, 0.15) is 17.8 Å². The summed E-state index contributed by atoms with van der Waals surface area (Å²) < 4.78 is 10.9. The van der Waals surface area contributed by atoms with Crippen LogP contribution >= 0.6 is 0 Å². The van der Waals surface area contributed by atoms with Crippen molar-refractivity contribution in [2.45, 2.75) is 26.7 Å². The van der Waals surface area contributed by atoms with Gasteiger partial charge in [-0.3, -0.25) is 4.79 Å². The number of rotatable bonds is 5. The predicted octanol–water partition coefficient (Wildman–Crippen LogP) is 2.94. The van der Waals surface area contributed by atoms with Crippen LogP contribution in [0, 0.1) is 12.8 Å². The number of hydrogen-bond donors (Lipinski definition) is 1. The number of benzene rings is 1. The fourth-order valence-electron chi connectivity index (χ4n) is 3.01. The lowest BCUT2D eigenvalue weighted by Gasteiger charge is -2.32. The Morgan fingerprint density at radius 1 is 1.23 bits per heavy atom. The van der Waals surface area contributed by atoms with Crippen LogP contribution < -0.4 is 15.4 Å². The predicted molar refractivity (Wildman–Crippen MR) is 99.3 cm³/mol. The zero-order valence-corrected chi connectivity index (χ0v) is 15.1. The smallest absolute Gasteiger partial charge is 0.309 e. The Labute approximate surface area is 153 Å². The number of piperidine rings is 1. The third kappa shape index (κ3) is 4.04. The second-order valence-corrected chi connectivity index (χ2v) is 6.34. The molecule has 0 spiro atoms. The molecule has 1 aromatic carbocycles. The molecule has 0 unspecified atom stereocenters. The Bertz CT molecular complexity index is 756. The number of carbonyl (C=O) groups is 1. The van der Waals surface area contributed by atoms with Gasteiger partial charge in [0.2, 0.25) is 5.88 Å². The average Bonchev–Trinajstić information content (AvgIpc) is 2.66. The topological polar surface area (TPSA) is 90.6 Å². The summed E-state index contributed by atoms with van der Waals surface area (Å²) in [7, 11) is 0. The summed E-state index contributed by atoms with van der Waals surface area (Å²) in [6.45, 7) is 5.63. The summed E-state index contributed by atoms with van der Waals surface area (Å²) in [6.07, 6.45) is 2.89. The second kappa shape index (κ2) is 8.03. The van der Waals surface area contributed by atoms with Gasteiger partial charge < -0.3 is 20.1 Å². The van der Waals surface area contributed by atoms with Crippen molar-refractivity contribution in [1.29, 1.82) is 0 Å². The number of nitrogen functional groups attached to an aromatic ring is 1. The first-order chi connectivity index (χ1) is 12.6. The molecule has 3 rings (SSSR count). The Kier molecular flexibility index (Phi) is 5.55. The number of hydrogen-bond acceptors (Lipinski definition) is 7. The monoisotopic (exact) mass is 356 g/mol. The van der Waals surface area contributed by atoms with Gasteiger partial charge in [-0.2, -0.15) is 4.98 Å². The van der Waals surface area contributed by atoms with Gasteiger partial charge in [0.25, 0.3) is 0 Å².